The Bertz CT molecular complexity index is 1050. The van der Waals surface area contributed by atoms with Gasteiger partial charge in [-0.05, 0) is 48.7 Å². The Morgan fingerprint density at radius 3 is 2.68 bits per heavy atom. The number of carbonyl (C=O) groups excluding carboxylic acids is 2. The van der Waals surface area contributed by atoms with Crippen molar-refractivity contribution in [3.05, 3.63) is 63.3 Å². The van der Waals surface area contributed by atoms with Crippen molar-refractivity contribution in [2.45, 2.75) is 6.92 Å². The minimum absolute atomic E-state index is 0.0587. The monoisotopic (exact) mass is 409 g/mol. The summed E-state index contributed by atoms with van der Waals surface area (Å²) in [6, 6.07) is 10.1. The van der Waals surface area contributed by atoms with Gasteiger partial charge in [-0.25, -0.2) is 9.78 Å². The molecule has 0 atom stereocenters. The molecular formula is C20H15N3O3S2. The zero-order valence-corrected chi connectivity index (χ0v) is 16.5. The van der Waals surface area contributed by atoms with E-state index in [1.54, 1.807) is 47.9 Å². The van der Waals surface area contributed by atoms with E-state index >= 15 is 0 Å². The Morgan fingerprint density at radius 2 is 2.04 bits per heavy atom. The van der Waals surface area contributed by atoms with Gasteiger partial charge in [0, 0.05) is 22.0 Å². The van der Waals surface area contributed by atoms with Crippen LogP contribution in [0, 0.1) is 11.3 Å². The molecule has 0 saturated heterocycles. The number of esters is 1. The minimum Gasteiger partial charge on any atom is -0.462 e. The van der Waals surface area contributed by atoms with E-state index < -0.39 is 11.9 Å². The van der Waals surface area contributed by atoms with E-state index in [1.807, 2.05) is 22.9 Å². The SMILES string of the molecule is CCOC(=O)c1ccc(NC(=O)/C(C#N)=C\c2csc(-c3ccsc3)n2)cc1. The number of carbonyl (C=O) groups is 2. The number of ether oxygens (including phenoxy) is 1. The van der Waals surface area contributed by atoms with Gasteiger partial charge >= 0.3 is 5.97 Å². The Morgan fingerprint density at radius 1 is 1.25 bits per heavy atom. The molecule has 0 radical (unpaired) electrons. The van der Waals surface area contributed by atoms with Gasteiger partial charge in [0.25, 0.3) is 5.91 Å². The molecule has 0 fully saturated rings. The summed E-state index contributed by atoms with van der Waals surface area (Å²) in [5.41, 5.74) is 2.36. The van der Waals surface area contributed by atoms with Gasteiger partial charge in [0.05, 0.1) is 17.9 Å². The summed E-state index contributed by atoms with van der Waals surface area (Å²) in [4.78, 5) is 28.5. The average molecular weight is 409 g/mol. The van der Waals surface area contributed by atoms with Gasteiger partial charge in [0.15, 0.2) is 0 Å². The number of nitrogens with zero attached hydrogens (tertiary/aromatic N) is 2. The van der Waals surface area contributed by atoms with Crippen LogP contribution >= 0.6 is 22.7 Å². The predicted octanol–water partition coefficient (Wildman–Crippen LogP) is 4.59. The molecule has 28 heavy (non-hydrogen) atoms. The van der Waals surface area contributed by atoms with Crippen molar-refractivity contribution in [3.8, 4) is 16.6 Å². The molecule has 2 aromatic heterocycles. The zero-order chi connectivity index (χ0) is 19.9. The van der Waals surface area contributed by atoms with Crippen molar-refractivity contribution in [1.82, 2.24) is 4.98 Å². The van der Waals surface area contributed by atoms with Crippen LogP contribution in [0.1, 0.15) is 23.0 Å². The number of hydrogen-bond acceptors (Lipinski definition) is 7. The molecule has 0 saturated carbocycles. The lowest BCUT2D eigenvalue weighted by atomic mass is 10.2. The molecule has 0 aliphatic rings. The third-order valence-electron chi connectivity index (χ3n) is 3.60. The predicted molar refractivity (Wildman–Crippen MR) is 110 cm³/mol. The standard InChI is InChI=1S/C20H15N3O3S2/c1-2-26-20(25)13-3-5-16(6-4-13)22-18(24)15(10-21)9-17-12-28-19(23-17)14-7-8-27-11-14/h3-9,11-12H,2H2,1H3,(H,22,24)/b15-9-. The number of thiophene rings is 1. The maximum absolute atomic E-state index is 12.4. The summed E-state index contributed by atoms with van der Waals surface area (Å²) >= 11 is 3.03. The number of rotatable bonds is 6. The molecule has 3 aromatic rings. The van der Waals surface area contributed by atoms with Crippen LogP contribution in [0.2, 0.25) is 0 Å². The van der Waals surface area contributed by atoms with E-state index in [-0.39, 0.29) is 5.57 Å². The summed E-state index contributed by atoms with van der Waals surface area (Å²) in [7, 11) is 0. The van der Waals surface area contributed by atoms with Crippen LogP contribution in [0.4, 0.5) is 5.69 Å². The van der Waals surface area contributed by atoms with Gasteiger partial charge in [-0.2, -0.15) is 16.6 Å². The lowest BCUT2D eigenvalue weighted by Crippen LogP contribution is -2.13. The van der Waals surface area contributed by atoms with Gasteiger partial charge in [-0.1, -0.05) is 0 Å². The van der Waals surface area contributed by atoms with Crippen molar-refractivity contribution in [2.75, 3.05) is 11.9 Å². The number of benzene rings is 1. The third-order valence-corrected chi connectivity index (χ3v) is 5.19. The first-order chi connectivity index (χ1) is 13.6. The fourth-order valence-corrected chi connectivity index (χ4v) is 3.76. The smallest absolute Gasteiger partial charge is 0.338 e. The molecule has 1 amide bonds. The highest BCUT2D eigenvalue weighted by Gasteiger charge is 2.12. The average Bonchev–Trinajstić information content (AvgIpc) is 3.38. The van der Waals surface area contributed by atoms with E-state index in [1.165, 1.54) is 17.4 Å². The first-order valence-corrected chi connectivity index (χ1v) is 10.1. The van der Waals surface area contributed by atoms with Crippen molar-refractivity contribution in [2.24, 2.45) is 0 Å². The maximum Gasteiger partial charge on any atom is 0.338 e. The van der Waals surface area contributed by atoms with E-state index in [9.17, 15) is 14.9 Å². The first-order valence-electron chi connectivity index (χ1n) is 8.29. The van der Waals surface area contributed by atoms with Crippen LogP contribution < -0.4 is 5.32 Å². The molecule has 2 heterocycles. The van der Waals surface area contributed by atoms with E-state index in [2.05, 4.69) is 10.3 Å². The van der Waals surface area contributed by atoms with Crippen molar-refractivity contribution < 1.29 is 14.3 Å². The normalized spacial score (nSPS) is 10.9. The molecule has 1 N–H and O–H groups in total. The largest absolute Gasteiger partial charge is 0.462 e. The third kappa shape index (κ3) is 4.71. The fourth-order valence-electron chi connectivity index (χ4n) is 2.27. The van der Waals surface area contributed by atoms with Crippen molar-refractivity contribution in [1.29, 1.82) is 5.26 Å². The summed E-state index contributed by atoms with van der Waals surface area (Å²) in [5, 5.41) is 18.6. The summed E-state index contributed by atoms with van der Waals surface area (Å²) in [6.07, 6.45) is 1.45. The van der Waals surface area contributed by atoms with Crippen molar-refractivity contribution >= 4 is 46.3 Å². The van der Waals surface area contributed by atoms with Crippen LogP contribution in [0.15, 0.2) is 52.0 Å². The van der Waals surface area contributed by atoms with Gasteiger partial charge in [0.2, 0.25) is 0 Å². The van der Waals surface area contributed by atoms with Crippen LogP contribution in [0.3, 0.4) is 0 Å². The Hall–Kier alpha value is -3.28. The van der Waals surface area contributed by atoms with Gasteiger partial charge in [0.1, 0.15) is 16.6 Å². The molecule has 0 bridgehead atoms. The second-order valence-electron chi connectivity index (χ2n) is 5.51. The summed E-state index contributed by atoms with van der Waals surface area (Å²) in [5.74, 6) is -0.973. The number of anilines is 1. The van der Waals surface area contributed by atoms with Gasteiger partial charge in [-0.3, -0.25) is 4.79 Å². The van der Waals surface area contributed by atoms with Crippen LogP contribution in [-0.4, -0.2) is 23.5 Å². The topological polar surface area (TPSA) is 92.1 Å². The summed E-state index contributed by atoms with van der Waals surface area (Å²) < 4.78 is 4.92. The maximum atomic E-state index is 12.4. The minimum atomic E-state index is -0.545. The lowest BCUT2D eigenvalue weighted by molar-refractivity contribution is -0.112. The van der Waals surface area contributed by atoms with Crippen molar-refractivity contribution in [3.63, 3.8) is 0 Å². The number of nitrogens with one attached hydrogen (secondary N) is 1. The highest BCUT2D eigenvalue weighted by atomic mass is 32.1. The highest BCUT2D eigenvalue weighted by Crippen LogP contribution is 2.26. The van der Waals surface area contributed by atoms with Gasteiger partial charge in [-0.15, -0.1) is 11.3 Å². The second kappa shape index (κ2) is 9.08. The Balaban J connectivity index is 1.71. The molecule has 3 rings (SSSR count). The van der Waals surface area contributed by atoms with E-state index in [0.717, 1.165) is 10.6 Å². The molecule has 0 spiro atoms. The number of aromatic nitrogens is 1. The fraction of sp³-hybridized carbons (Fsp3) is 0.100. The molecule has 0 aliphatic heterocycles. The Kier molecular flexibility index (Phi) is 6.32. The molecule has 0 unspecified atom stereocenters. The molecule has 1 aromatic carbocycles. The quantitative estimate of drug-likeness (QED) is 0.365. The number of hydrogen-bond donors (Lipinski definition) is 1. The van der Waals surface area contributed by atoms with E-state index in [4.69, 9.17) is 4.74 Å². The first kappa shape index (κ1) is 19.5. The molecular weight excluding hydrogens is 394 g/mol. The van der Waals surface area contributed by atoms with Crippen LogP contribution in [0.5, 0.6) is 0 Å². The van der Waals surface area contributed by atoms with Crippen LogP contribution in [0.25, 0.3) is 16.6 Å². The number of amides is 1. The van der Waals surface area contributed by atoms with Crippen LogP contribution in [-0.2, 0) is 9.53 Å². The Labute approximate surface area is 169 Å². The zero-order valence-electron chi connectivity index (χ0n) is 14.8. The van der Waals surface area contributed by atoms with Gasteiger partial charge < -0.3 is 10.1 Å². The highest BCUT2D eigenvalue weighted by molar-refractivity contribution is 7.14. The number of thiazole rings is 1. The van der Waals surface area contributed by atoms with E-state index in [0.29, 0.717) is 23.6 Å². The lowest BCUT2D eigenvalue weighted by Gasteiger charge is -2.05. The molecule has 6 nitrogen and oxygen atoms in total. The molecule has 0 aliphatic carbocycles. The summed E-state index contributed by atoms with van der Waals surface area (Å²) in [6.45, 7) is 2.02. The second-order valence-corrected chi connectivity index (χ2v) is 7.15. The number of nitriles is 1. The molecule has 140 valence electrons. The molecule has 8 heteroatoms.